The molecule has 1 aromatic carbocycles. The summed E-state index contributed by atoms with van der Waals surface area (Å²) in [5.41, 5.74) is 1.27. The van der Waals surface area contributed by atoms with E-state index in [-0.39, 0.29) is 30.6 Å². The molecule has 1 heterocycles. The second-order valence-electron chi connectivity index (χ2n) is 8.50. The Kier molecular flexibility index (Phi) is 9.90. The van der Waals surface area contributed by atoms with Gasteiger partial charge in [0, 0.05) is 52.9 Å². The molecule has 182 valence electrons. The van der Waals surface area contributed by atoms with Gasteiger partial charge in [-0.15, -0.1) is 0 Å². The lowest BCUT2D eigenvalue weighted by Crippen LogP contribution is -2.50. The first kappa shape index (κ1) is 26.5. The Bertz CT molecular complexity index is 844. The van der Waals surface area contributed by atoms with E-state index in [1.165, 1.54) is 11.4 Å². The molecule has 0 unspecified atom stereocenters. The molecule has 0 spiro atoms. The fraction of sp³-hybridized carbons (Fsp3) is 0.682. The molecule has 0 aromatic heterocycles. The molecular weight excluding hydrogens is 432 g/mol. The van der Waals surface area contributed by atoms with E-state index < -0.39 is 10.0 Å². The molecule has 10 heteroatoms. The first-order chi connectivity index (χ1) is 15.1. The van der Waals surface area contributed by atoms with Crippen LogP contribution in [0.25, 0.3) is 0 Å². The lowest BCUT2D eigenvalue weighted by molar-refractivity contribution is -0.137. The maximum absolute atomic E-state index is 13.0. The number of hydrogen-bond donors (Lipinski definition) is 0. The lowest BCUT2D eigenvalue weighted by Gasteiger charge is -2.35. The van der Waals surface area contributed by atoms with Gasteiger partial charge in [0.15, 0.2) is 0 Å². The first-order valence-electron chi connectivity index (χ1n) is 10.9. The molecule has 1 aliphatic heterocycles. The molecule has 1 saturated heterocycles. The SMILES string of the molecule is COc1cc(C)c(S(=O)(=O)N(C)CCOCC(=O)N2CCN(CCN(C)C)CC2)c(C)c1. The van der Waals surface area contributed by atoms with Gasteiger partial charge in [-0.25, -0.2) is 8.42 Å². The number of methoxy groups -OCH3 is 1. The minimum Gasteiger partial charge on any atom is -0.497 e. The van der Waals surface area contributed by atoms with Gasteiger partial charge in [0.2, 0.25) is 15.9 Å². The maximum atomic E-state index is 13.0. The van der Waals surface area contributed by atoms with Crippen LogP contribution in [-0.4, -0.2) is 121 Å². The van der Waals surface area contributed by atoms with Gasteiger partial charge in [-0.3, -0.25) is 9.69 Å². The van der Waals surface area contributed by atoms with E-state index in [0.717, 1.165) is 26.2 Å². The predicted octanol–water partition coefficient (Wildman–Crippen LogP) is 0.655. The number of nitrogens with zero attached hydrogens (tertiary/aromatic N) is 4. The largest absolute Gasteiger partial charge is 0.497 e. The molecule has 0 atom stereocenters. The zero-order valence-electron chi connectivity index (χ0n) is 20.3. The number of hydrogen-bond acceptors (Lipinski definition) is 7. The summed E-state index contributed by atoms with van der Waals surface area (Å²) in [5.74, 6) is 0.576. The smallest absolute Gasteiger partial charge is 0.248 e. The highest BCUT2D eigenvalue weighted by atomic mass is 32.2. The Labute approximate surface area is 192 Å². The van der Waals surface area contributed by atoms with E-state index in [4.69, 9.17) is 9.47 Å². The standard InChI is InChI=1S/C22H38N4O5S/c1-18-15-20(30-6)16-19(2)22(18)32(28,29)24(5)13-14-31-17-21(27)26-11-9-25(10-12-26)8-7-23(3)4/h15-16H,7-14,17H2,1-6H3. The molecule has 0 saturated carbocycles. The van der Waals surface area contributed by atoms with E-state index >= 15 is 0 Å². The average molecular weight is 471 g/mol. The summed E-state index contributed by atoms with van der Waals surface area (Å²) < 4.78 is 38.0. The molecule has 32 heavy (non-hydrogen) atoms. The van der Waals surface area contributed by atoms with Crippen LogP contribution in [0.15, 0.2) is 17.0 Å². The Morgan fingerprint density at radius 3 is 2.16 bits per heavy atom. The third kappa shape index (κ3) is 7.14. The van der Waals surface area contributed by atoms with E-state index in [1.807, 2.05) is 4.90 Å². The minimum atomic E-state index is -3.67. The topological polar surface area (TPSA) is 82.6 Å². The van der Waals surface area contributed by atoms with E-state index in [0.29, 0.717) is 30.0 Å². The average Bonchev–Trinajstić information content (AvgIpc) is 2.74. The van der Waals surface area contributed by atoms with Crippen molar-refractivity contribution < 1.29 is 22.7 Å². The third-order valence-electron chi connectivity index (χ3n) is 5.70. The summed E-state index contributed by atoms with van der Waals surface area (Å²) in [4.78, 5) is 19.0. The summed E-state index contributed by atoms with van der Waals surface area (Å²) >= 11 is 0. The predicted molar refractivity (Wildman–Crippen MR) is 125 cm³/mol. The lowest BCUT2D eigenvalue weighted by atomic mass is 10.1. The highest BCUT2D eigenvalue weighted by molar-refractivity contribution is 7.89. The first-order valence-corrected chi connectivity index (χ1v) is 12.3. The van der Waals surface area contributed by atoms with Crippen LogP contribution in [-0.2, 0) is 19.6 Å². The minimum absolute atomic E-state index is 0.0355. The summed E-state index contributed by atoms with van der Waals surface area (Å²) in [6.07, 6.45) is 0. The van der Waals surface area contributed by atoms with Crippen LogP contribution >= 0.6 is 0 Å². The van der Waals surface area contributed by atoms with E-state index in [9.17, 15) is 13.2 Å². The molecule has 1 aliphatic rings. The van der Waals surface area contributed by atoms with Crippen molar-refractivity contribution in [2.24, 2.45) is 0 Å². The fourth-order valence-electron chi connectivity index (χ4n) is 3.72. The monoisotopic (exact) mass is 470 g/mol. The van der Waals surface area contributed by atoms with Gasteiger partial charge < -0.3 is 19.3 Å². The number of piperazine rings is 1. The van der Waals surface area contributed by atoms with Gasteiger partial charge in [-0.1, -0.05) is 0 Å². The summed E-state index contributed by atoms with van der Waals surface area (Å²) in [7, 11) is 3.52. The van der Waals surface area contributed by atoms with Gasteiger partial charge in [0.1, 0.15) is 12.4 Å². The quantitative estimate of drug-likeness (QED) is 0.439. The van der Waals surface area contributed by atoms with Crippen LogP contribution in [0.1, 0.15) is 11.1 Å². The molecule has 0 N–H and O–H groups in total. The third-order valence-corrected chi connectivity index (χ3v) is 7.87. The van der Waals surface area contributed by atoms with Crippen molar-refractivity contribution in [3.8, 4) is 5.75 Å². The van der Waals surface area contributed by atoms with E-state index in [1.54, 1.807) is 33.1 Å². The van der Waals surface area contributed by atoms with Gasteiger partial charge >= 0.3 is 0 Å². The van der Waals surface area contributed by atoms with Crippen molar-refractivity contribution >= 4 is 15.9 Å². The zero-order chi connectivity index (χ0) is 23.9. The van der Waals surface area contributed by atoms with Gasteiger partial charge in [0.25, 0.3) is 0 Å². The van der Waals surface area contributed by atoms with Crippen LogP contribution < -0.4 is 4.74 Å². The van der Waals surface area contributed by atoms with Crippen LogP contribution in [0.4, 0.5) is 0 Å². The van der Waals surface area contributed by atoms with Crippen molar-refractivity contribution in [2.75, 3.05) is 87.3 Å². The summed E-state index contributed by atoms with van der Waals surface area (Å²) in [6.45, 7) is 8.91. The van der Waals surface area contributed by atoms with E-state index in [2.05, 4.69) is 23.9 Å². The molecule has 0 aliphatic carbocycles. The van der Waals surface area contributed by atoms with Crippen LogP contribution in [0.2, 0.25) is 0 Å². The van der Waals surface area contributed by atoms with Crippen molar-refractivity contribution in [2.45, 2.75) is 18.7 Å². The molecule has 1 fully saturated rings. The number of carbonyl (C=O) groups excluding carboxylic acids is 1. The fourth-order valence-corrected chi connectivity index (χ4v) is 5.28. The second-order valence-corrected chi connectivity index (χ2v) is 10.5. The van der Waals surface area contributed by atoms with Gasteiger partial charge in [-0.05, 0) is 51.2 Å². The molecular formula is C22H38N4O5S. The molecule has 9 nitrogen and oxygen atoms in total. The molecule has 0 radical (unpaired) electrons. The number of benzene rings is 1. The summed E-state index contributed by atoms with van der Waals surface area (Å²) in [5, 5.41) is 0. The van der Waals surface area contributed by atoms with Crippen LogP contribution in [0, 0.1) is 13.8 Å². The number of ether oxygens (including phenoxy) is 2. The Morgan fingerprint density at radius 1 is 1.03 bits per heavy atom. The molecule has 1 aromatic rings. The van der Waals surface area contributed by atoms with Crippen LogP contribution in [0.3, 0.4) is 0 Å². The van der Waals surface area contributed by atoms with Crippen molar-refractivity contribution in [3.63, 3.8) is 0 Å². The maximum Gasteiger partial charge on any atom is 0.248 e. The molecule has 1 amide bonds. The zero-order valence-corrected chi connectivity index (χ0v) is 21.1. The van der Waals surface area contributed by atoms with Crippen LogP contribution in [0.5, 0.6) is 5.75 Å². The number of rotatable bonds is 11. The normalized spacial score (nSPS) is 15.6. The van der Waals surface area contributed by atoms with Crippen molar-refractivity contribution in [3.05, 3.63) is 23.3 Å². The Morgan fingerprint density at radius 2 is 1.62 bits per heavy atom. The molecule has 0 bridgehead atoms. The highest BCUT2D eigenvalue weighted by Gasteiger charge is 2.26. The second kappa shape index (κ2) is 11.9. The number of likely N-dealkylation sites (N-methyl/N-ethyl adjacent to an activating group) is 2. The Balaban J connectivity index is 1.78. The number of sulfonamides is 1. The van der Waals surface area contributed by atoms with Gasteiger partial charge in [-0.2, -0.15) is 4.31 Å². The highest BCUT2D eigenvalue weighted by Crippen LogP contribution is 2.27. The molecule has 2 rings (SSSR count). The van der Waals surface area contributed by atoms with Crippen molar-refractivity contribution in [1.29, 1.82) is 0 Å². The van der Waals surface area contributed by atoms with Gasteiger partial charge in [0.05, 0.1) is 18.6 Å². The number of amides is 1. The number of aryl methyl sites for hydroxylation is 2. The summed E-state index contributed by atoms with van der Waals surface area (Å²) in [6, 6.07) is 3.42. The number of carbonyl (C=O) groups is 1. The Hall–Kier alpha value is -1.72. The van der Waals surface area contributed by atoms with Crippen molar-refractivity contribution in [1.82, 2.24) is 19.0 Å².